The number of esters is 3. The monoisotopic (exact) mass is 1030 g/mol. The molecular weight excluding hydrogens is 913 g/mol. The van der Waals surface area contributed by atoms with Gasteiger partial charge in [-0.1, -0.05) is 266 Å². The van der Waals surface area contributed by atoms with Crippen molar-refractivity contribution in [3.8, 4) is 0 Å². The molecule has 6 heteroatoms. The first-order valence-electron chi connectivity index (χ1n) is 31.2. The summed E-state index contributed by atoms with van der Waals surface area (Å²) in [7, 11) is 0. The van der Waals surface area contributed by atoms with Crippen LogP contribution in [0.3, 0.4) is 0 Å². The molecule has 0 aliphatic heterocycles. The molecule has 0 saturated carbocycles. The maximum absolute atomic E-state index is 12.8. The molecule has 0 aromatic rings. The summed E-state index contributed by atoms with van der Waals surface area (Å²) in [5.41, 5.74) is 0. The predicted octanol–water partition coefficient (Wildman–Crippen LogP) is 21.3. The van der Waals surface area contributed by atoms with E-state index < -0.39 is 6.10 Å². The Kier molecular flexibility index (Phi) is 58.8. The zero-order chi connectivity index (χ0) is 53.6. The van der Waals surface area contributed by atoms with Crippen molar-refractivity contribution in [3.05, 3.63) is 97.2 Å². The normalized spacial score (nSPS) is 12.7. The lowest BCUT2D eigenvalue weighted by atomic mass is 10.0. The molecule has 0 amide bonds. The lowest BCUT2D eigenvalue weighted by molar-refractivity contribution is -0.167. The standard InChI is InChI=1S/C68H116O6/c1-4-7-10-13-16-19-22-24-26-27-28-29-30-31-32-33-34-35-36-37-38-39-40-41-42-44-46-49-52-55-58-61-67(70)73-64-65(63-72-66(69)60-57-54-51-48-45-21-18-15-12-9-6-3)74-68(71)62-59-56-53-50-47-43-25-23-20-17-14-11-8-5-2/h7,10,14-19,23-26,28-29,31-32,65H,4-6,8-9,11-13,20-22,27,30,33-64H2,1-3H3/b10-7-,17-14-,18-15-,19-16-,25-23-,26-24-,29-28-,32-31-. The van der Waals surface area contributed by atoms with E-state index in [4.69, 9.17) is 14.2 Å². The molecule has 0 spiro atoms. The van der Waals surface area contributed by atoms with Crippen LogP contribution in [-0.2, 0) is 28.6 Å². The zero-order valence-electron chi connectivity index (χ0n) is 48.6. The molecule has 0 bridgehead atoms. The Labute approximate surface area is 457 Å². The molecule has 0 aliphatic rings. The molecule has 0 aromatic heterocycles. The Hall–Kier alpha value is -3.67. The van der Waals surface area contributed by atoms with Crippen molar-refractivity contribution in [1.82, 2.24) is 0 Å². The van der Waals surface area contributed by atoms with E-state index in [0.717, 1.165) is 122 Å². The number of ether oxygens (including phenoxy) is 3. The Morgan fingerprint density at radius 1 is 0.284 bits per heavy atom. The van der Waals surface area contributed by atoms with Crippen LogP contribution in [0.15, 0.2) is 97.2 Å². The van der Waals surface area contributed by atoms with Gasteiger partial charge in [-0.3, -0.25) is 14.4 Å². The van der Waals surface area contributed by atoms with E-state index in [0.29, 0.717) is 19.3 Å². The van der Waals surface area contributed by atoms with Crippen molar-refractivity contribution >= 4 is 17.9 Å². The van der Waals surface area contributed by atoms with Crippen LogP contribution < -0.4 is 0 Å². The second kappa shape index (κ2) is 61.9. The second-order valence-corrected chi connectivity index (χ2v) is 20.6. The number of carbonyl (C=O) groups is 3. The van der Waals surface area contributed by atoms with E-state index in [2.05, 4.69) is 118 Å². The van der Waals surface area contributed by atoms with E-state index in [1.807, 2.05) is 0 Å². The average molecular weight is 1030 g/mol. The number of hydrogen-bond acceptors (Lipinski definition) is 6. The van der Waals surface area contributed by atoms with Gasteiger partial charge < -0.3 is 14.2 Å². The number of unbranched alkanes of at least 4 members (excludes halogenated alkanes) is 29. The summed E-state index contributed by atoms with van der Waals surface area (Å²) in [5.74, 6) is -0.902. The van der Waals surface area contributed by atoms with Crippen molar-refractivity contribution in [3.63, 3.8) is 0 Å². The third kappa shape index (κ3) is 59.2. The molecular formula is C68H116O6. The smallest absolute Gasteiger partial charge is 0.306 e. The summed E-state index contributed by atoms with van der Waals surface area (Å²) in [4.78, 5) is 38.1. The van der Waals surface area contributed by atoms with Crippen molar-refractivity contribution in [1.29, 1.82) is 0 Å². The van der Waals surface area contributed by atoms with Gasteiger partial charge in [0.2, 0.25) is 0 Å². The van der Waals surface area contributed by atoms with Gasteiger partial charge in [0.15, 0.2) is 6.10 Å². The molecule has 0 rings (SSSR count). The molecule has 0 N–H and O–H groups in total. The zero-order valence-corrected chi connectivity index (χ0v) is 48.6. The van der Waals surface area contributed by atoms with E-state index in [9.17, 15) is 14.4 Å². The van der Waals surface area contributed by atoms with Crippen LogP contribution in [0.5, 0.6) is 0 Å². The van der Waals surface area contributed by atoms with E-state index in [1.54, 1.807) is 0 Å². The van der Waals surface area contributed by atoms with Crippen LogP contribution in [-0.4, -0.2) is 37.2 Å². The first kappa shape index (κ1) is 70.3. The molecule has 424 valence electrons. The molecule has 0 aliphatic carbocycles. The predicted molar refractivity (Wildman–Crippen MR) is 320 cm³/mol. The lowest BCUT2D eigenvalue weighted by Gasteiger charge is -2.18. The third-order valence-corrected chi connectivity index (χ3v) is 13.3. The number of carbonyl (C=O) groups excluding carboxylic acids is 3. The summed E-state index contributed by atoms with van der Waals surface area (Å²) in [6.45, 7) is 6.44. The molecule has 0 heterocycles. The van der Waals surface area contributed by atoms with Gasteiger partial charge in [0.25, 0.3) is 0 Å². The summed E-state index contributed by atoms with van der Waals surface area (Å²) in [5, 5.41) is 0. The van der Waals surface area contributed by atoms with Crippen LogP contribution in [0.25, 0.3) is 0 Å². The second-order valence-electron chi connectivity index (χ2n) is 20.6. The fraction of sp³-hybridized carbons (Fsp3) is 0.721. The van der Waals surface area contributed by atoms with Crippen molar-refractivity contribution in [2.24, 2.45) is 0 Å². The third-order valence-electron chi connectivity index (χ3n) is 13.3. The van der Waals surface area contributed by atoms with Crippen LogP contribution in [0.4, 0.5) is 0 Å². The summed E-state index contributed by atoms with van der Waals surface area (Å²) in [6.07, 6.45) is 82.8. The van der Waals surface area contributed by atoms with Crippen LogP contribution in [0, 0.1) is 0 Å². The van der Waals surface area contributed by atoms with Crippen molar-refractivity contribution in [2.75, 3.05) is 13.2 Å². The summed E-state index contributed by atoms with van der Waals surface area (Å²) in [6, 6.07) is 0. The number of hydrogen-bond donors (Lipinski definition) is 0. The first-order valence-corrected chi connectivity index (χ1v) is 31.2. The van der Waals surface area contributed by atoms with E-state index in [1.165, 1.54) is 135 Å². The number of rotatable bonds is 56. The lowest BCUT2D eigenvalue weighted by Crippen LogP contribution is -2.30. The highest BCUT2D eigenvalue weighted by Gasteiger charge is 2.19. The Bertz CT molecular complexity index is 1460. The molecule has 0 radical (unpaired) electrons. The van der Waals surface area contributed by atoms with Gasteiger partial charge in [0, 0.05) is 19.3 Å². The molecule has 74 heavy (non-hydrogen) atoms. The minimum atomic E-state index is -0.787. The summed E-state index contributed by atoms with van der Waals surface area (Å²) >= 11 is 0. The average Bonchev–Trinajstić information content (AvgIpc) is 3.40. The van der Waals surface area contributed by atoms with E-state index >= 15 is 0 Å². The molecule has 0 fully saturated rings. The van der Waals surface area contributed by atoms with Gasteiger partial charge in [0.1, 0.15) is 13.2 Å². The first-order chi connectivity index (χ1) is 36.5. The van der Waals surface area contributed by atoms with Crippen LogP contribution in [0.1, 0.15) is 297 Å². The molecule has 1 atom stereocenters. The quantitative estimate of drug-likeness (QED) is 0.0261. The van der Waals surface area contributed by atoms with Gasteiger partial charge in [-0.15, -0.1) is 0 Å². The van der Waals surface area contributed by atoms with Crippen molar-refractivity contribution < 1.29 is 28.6 Å². The molecule has 1 unspecified atom stereocenters. The Morgan fingerprint density at radius 3 is 0.838 bits per heavy atom. The van der Waals surface area contributed by atoms with Gasteiger partial charge in [-0.2, -0.15) is 0 Å². The molecule has 0 saturated heterocycles. The SMILES string of the molecule is CC/C=C\C/C=C\C/C=C\C/C=C\C/C=C\CCCCCCCCCCCCCCCCCC(=O)OCC(COC(=O)CCCCCCC/C=C\CCCC)OC(=O)CCCCCCC/C=C\C/C=C\CCCC. The van der Waals surface area contributed by atoms with Crippen LogP contribution >= 0.6 is 0 Å². The van der Waals surface area contributed by atoms with Crippen LogP contribution in [0.2, 0.25) is 0 Å². The van der Waals surface area contributed by atoms with Crippen molar-refractivity contribution in [2.45, 2.75) is 303 Å². The maximum Gasteiger partial charge on any atom is 0.306 e. The minimum Gasteiger partial charge on any atom is -0.462 e. The van der Waals surface area contributed by atoms with Gasteiger partial charge in [-0.25, -0.2) is 0 Å². The highest BCUT2D eigenvalue weighted by Crippen LogP contribution is 2.16. The number of allylic oxidation sites excluding steroid dienone is 16. The van der Waals surface area contributed by atoms with Gasteiger partial charge in [0.05, 0.1) is 0 Å². The molecule has 6 nitrogen and oxygen atoms in total. The molecule has 0 aromatic carbocycles. The highest BCUT2D eigenvalue weighted by molar-refractivity contribution is 5.71. The maximum atomic E-state index is 12.8. The Morgan fingerprint density at radius 2 is 0.527 bits per heavy atom. The topological polar surface area (TPSA) is 78.9 Å². The fourth-order valence-electron chi connectivity index (χ4n) is 8.59. The minimum absolute atomic E-state index is 0.0841. The largest absolute Gasteiger partial charge is 0.462 e. The van der Waals surface area contributed by atoms with E-state index in [-0.39, 0.29) is 31.1 Å². The van der Waals surface area contributed by atoms with Gasteiger partial charge in [-0.05, 0) is 109 Å². The fourth-order valence-corrected chi connectivity index (χ4v) is 8.59. The highest BCUT2D eigenvalue weighted by atomic mass is 16.6. The summed E-state index contributed by atoms with van der Waals surface area (Å²) < 4.78 is 16.8. The Balaban J connectivity index is 4.16. The van der Waals surface area contributed by atoms with Gasteiger partial charge >= 0.3 is 17.9 Å².